The molecule has 0 radical (unpaired) electrons. The van der Waals surface area contributed by atoms with Crippen molar-refractivity contribution in [1.29, 1.82) is 0 Å². The predicted molar refractivity (Wildman–Crippen MR) is 69.8 cm³/mol. The molecular formula is C12H14Cl2O4. The summed E-state index contributed by atoms with van der Waals surface area (Å²) in [7, 11) is 0. The van der Waals surface area contributed by atoms with E-state index in [1.807, 2.05) is 6.92 Å². The van der Waals surface area contributed by atoms with Crippen LogP contribution in [0.1, 0.15) is 35.7 Å². The van der Waals surface area contributed by atoms with Gasteiger partial charge in [-0.3, -0.25) is 0 Å². The number of phenolic OH excluding ortho intramolecular Hbond substituents is 1. The van der Waals surface area contributed by atoms with Gasteiger partial charge in [0.1, 0.15) is 4.84 Å². The maximum atomic E-state index is 10.5. The molecule has 0 bridgehead atoms. The highest BCUT2D eigenvalue weighted by Gasteiger charge is 2.20. The number of ether oxygens (including phenoxy) is 1. The number of phenols is 1. The molecule has 0 aliphatic heterocycles. The van der Waals surface area contributed by atoms with E-state index in [9.17, 15) is 9.90 Å². The van der Waals surface area contributed by atoms with Gasteiger partial charge in [-0.15, -0.1) is 0 Å². The van der Waals surface area contributed by atoms with Crippen molar-refractivity contribution in [1.82, 2.24) is 0 Å². The summed E-state index contributed by atoms with van der Waals surface area (Å²) in [6.45, 7) is 2.04. The van der Waals surface area contributed by atoms with Crippen LogP contribution in [0.25, 0.3) is 0 Å². The van der Waals surface area contributed by atoms with E-state index < -0.39 is 11.0 Å². The average molecular weight is 293 g/mol. The lowest BCUT2D eigenvalue weighted by Crippen LogP contribution is -2.05. The Morgan fingerprint density at radius 3 is 2.61 bits per heavy atom. The molecule has 4 nitrogen and oxygen atoms in total. The van der Waals surface area contributed by atoms with Crippen molar-refractivity contribution < 1.29 is 19.7 Å². The Balaban J connectivity index is 3.15. The largest absolute Gasteiger partial charge is 0.511 e. The third kappa shape index (κ3) is 3.68. The third-order valence-corrected chi connectivity index (χ3v) is 2.92. The van der Waals surface area contributed by atoms with Gasteiger partial charge in [0.15, 0.2) is 11.5 Å². The summed E-state index contributed by atoms with van der Waals surface area (Å²) in [4.78, 5) is 9.52. The van der Waals surface area contributed by atoms with E-state index in [0.717, 1.165) is 18.4 Å². The van der Waals surface area contributed by atoms with E-state index in [4.69, 9.17) is 28.3 Å². The Bertz CT molecular complexity index is 432. The molecule has 0 amide bonds. The Kier molecular flexibility index (Phi) is 5.56. The molecule has 0 aromatic heterocycles. The Morgan fingerprint density at radius 1 is 1.44 bits per heavy atom. The maximum Gasteiger partial charge on any atom is 0.511 e. The van der Waals surface area contributed by atoms with Crippen LogP contribution in [0.2, 0.25) is 0 Å². The molecule has 1 aromatic rings. The van der Waals surface area contributed by atoms with Crippen LogP contribution in [-0.4, -0.2) is 16.4 Å². The zero-order valence-corrected chi connectivity index (χ0v) is 11.3. The second kappa shape index (κ2) is 6.71. The quantitative estimate of drug-likeness (QED) is 0.483. The molecular weight excluding hydrogens is 279 g/mol. The minimum atomic E-state index is -1.50. The predicted octanol–water partition coefficient (Wildman–Crippen LogP) is 4.27. The van der Waals surface area contributed by atoms with Crippen LogP contribution in [0, 0.1) is 0 Å². The molecule has 1 rings (SSSR count). The van der Waals surface area contributed by atoms with Gasteiger partial charge in [-0.2, -0.15) is 0 Å². The van der Waals surface area contributed by atoms with Crippen LogP contribution in [0.3, 0.4) is 0 Å². The zero-order valence-electron chi connectivity index (χ0n) is 9.82. The second-order valence-electron chi connectivity index (χ2n) is 3.76. The topological polar surface area (TPSA) is 66.8 Å². The molecule has 0 unspecified atom stereocenters. The van der Waals surface area contributed by atoms with Crippen molar-refractivity contribution in [3.05, 3.63) is 23.3 Å². The molecule has 0 saturated carbocycles. The summed E-state index contributed by atoms with van der Waals surface area (Å²) in [6.07, 6.45) is 1.12. The van der Waals surface area contributed by atoms with Crippen LogP contribution in [0.5, 0.6) is 11.5 Å². The van der Waals surface area contributed by atoms with Crippen molar-refractivity contribution in [2.45, 2.75) is 31.0 Å². The second-order valence-corrected chi connectivity index (χ2v) is 4.85. The molecule has 0 fully saturated rings. The number of carboxylic acid groups (broad SMARTS) is 1. The first-order valence-corrected chi connectivity index (χ1v) is 6.38. The molecule has 2 N–H and O–H groups in total. The number of rotatable bonds is 5. The van der Waals surface area contributed by atoms with Crippen LogP contribution in [0.4, 0.5) is 4.79 Å². The fourth-order valence-corrected chi connectivity index (χ4v) is 2.12. The van der Waals surface area contributed by atoms with Gasteiger partial charge in [0, 0.05) is 5.56 Å². The lowest BCUT2D eigenvalue weighted by Gasteiger charge is -2.14. The fourth-order valence-electron chi connectivity index (χ4n) is 1.63. The number of unbranched alkanes of at least 4 members (excludes halogenated alkanes) is 1. The summed E-state index contributed by atoms with van der Waals surface area (Å²) in [5, 5.41) is 18.5. The lowest BCUT2D eigenvalue weighted by molar-refractivity contribution is 0.143. The number of hydrogen-bond donors (Lipinski definition) is 2. The van der Waals surface area contributed by atoms with E-state index in [0.29, 0.717) is 12.0 Å². The Morgan fingerprint density at radius 2 is 2.11 bits per heavy atom. The van der Waals surface area contributed by atoms with Crippen molar-refractivity contribution in [2.24, 2.45) is 0 Å². The van der Waals surface area contributed by atoms with Crippen molar-refractivity contribution in [3.8, 4) is 11.5 Å². The highest BCUT2D eigenvalue weighted by Crippen LogP contribution is 2.41. The lowest BCUT2D eigenvalue weighted by atomic mass is 10.0. The summed E-state index contributed by atoms with van der Waals surface area (Å²) < 4.78 is 4.44. The van der Waals surface area contributed by atoms with Crippen LogP contribution < -0.4 is 4.74 Å². The monoisotopic (exact) mass is 292 g/mol. The van der Waals surface area contributed by atoms with E-state index in [-0.39, 0.29) is 11.5 Å². The Hall–Kier alpha value is -1.13. The van der Waals surface area contributed by atoms with E-state index in [1.165, 1.54) is 6.07 Å². The molecule has 0 aliphatic rings. The van der Waals surface area contributed by atoms with Gasteiger partial charge in [-0.1, -0.05) is 42.6 Å². The van der Waals surface area contributed by atoms with Gasteiger partial charge in [0.25, 0.3) is 0 Å². The number of carbonyl (C=O) groups is 1. The van der Waals surface area contributed by atoms with Crippen molar-refractivity contribution >= 4 is 29.4 Å². The molecule has 0 aliphatic carbocycles. The number of aromatic hydroxyl groups is 1. The first-order chi connectivity index (χ1) is 8.47. The first-order valence-electron chi connectivity index (χ1n) is 5.51. The molecule has 6 heteroatoms. The number of alkyl halides is 2. The van der Waals surface area contributed by atoms with Gasteiger partial charge in [0.05, 0.1) is 0 Å². The fraction of sp³-hybridized carbons (Fsp3) is 0.417. The van der Waals surface area contributed by atoms with Crippen LogP contribution >= 0.6 is 23.2 Å². The summed E-state index contributed by atoms with van der Waals surface area (Å²) in [5.41, 5.74) is 1.10. The molecule has 0 spiro atoms. The molecule has 0 heterocycles. The standard InChI is InChI=1S/C12H14Cl2O4/c1-2-3-4-7-5-6-8(18-12(16)17)10(15)9(7)11(13)14/h5-6,11,15H,2-4H2,1H3,(H,16,17). The van der Waals surface area contributed by atoms with E-state index in [2.05, 4.69) is 4.74 Å². The van der Waals surface area contributed by atoms with Gasteiger partial charge in [-0.25, -0.2) is 4.79 Å². The number of halogens is 2. The summed E-state index contributed by atoms with van der Waals surface area (Å²) >= 11 is 11.6. The molecule has 1 aromatic carbocycles. The minimum absolute atomic E-state index is 0.163. The molecule has 18 heavy (non-hydrogen) atoms. The average Bonchev–Trinajstić information content (AvgIpc) is 2.28. The van der Waals surface area contributed by atoms with Gasteiger partial charge < -0.3 is 14.9 Å². The minimum Gasteiger partial charge on any atom is -0.504 e. The van der Waals surface area contributed by atoms with Gasteiger partial charge in [-0.05, 0) is 24.5 Å². The molecule has 0 atom stereocenters. The SMILES string of the molecule is CCCCc1ccc(OC(=O)O)c(O)c1C(Cl)Cl. The highest BCUT2D eigenvalue weighted by atomic mass is 35.5. The normalized spacial score (nSPS) is 10.7. The van der Waals surface area contributed by atoms with Crippen LogP contribution in [-0.2, 0) is 6.42 Å². The number of aryl methyl sites for hydroxylation is 1. The number of benzene rings is 1. The molecule has 0 saturated heterocycles. The maximum absolute atomic E-state index is 10.5. The summed E-state index contributed by atoms with van der Waals surface area (Å²) in [5.74, 6) is -0.481. The van der Waals surface area contributed by atoms with Gasteiger partial charge >= 0.3 is 6.16 Å². The molecule has 100 valence electrons. The van der Waals surface area contributed by atoms with E-state index >= 15 is 0 Å². The third-order valence-electron chi connectivity index (χ3n) is 2.49. The van der Waals surface area contributed by atoms with Crippen molar-refractivity contribution in [3.63, 3.8) is 0 Å². The Labute approximate surface area is 115 Å². The van der Waals surface area contributed by atoms with E-state index in [1.54, 1.807) is 6.07 Å². The highest BCUT2D eigenvalue weighted by molar-refractivity contribution is 6.44. The van der Waals surface area contributed by atoms with Crippen molar-refractivity contribution in [2.75, 3.05) is 0 Å². The number of hydrogen-bond acceptors (Lipinski definition) is 3. The zero-order chi connectivity index (χ0) is 13.7. The summed E-state index contributed by atoms with van der Waals surface area (Å²) in [6, 6.07) is 3.06. The van der Waals surface area contributed by atoms with Gasteiger partial charge in [0.2, 0.25) is 0 Å². The smallest absolute Gasteiger partial charge is 0.504 e. The first kappa shape index (κ1) is 14.9. The van der Waals surface area contributed by atoms with Crippen LogP contribution in [0.15, 0.2) is 12.1 Å².